The third-order valence-corrected chi connectivity index (χ3v) is 4.11. The molecule has 3 rings (SSSR count). The quantitative estimate of drug-likeness (QED) is 0.901. The molecule has 0 fully saturated rings. The Morgan fingerprint density at radius 1 is 1.25 bits per heavy atom. The molecular weight excluding hydrogens is 250 g/mol. The van der Waals surface area contributed by atoms with Gasteiger partial charge < -0.3 is 5.10 Å². The molecule has 1 aromatic heterocycles. The minimum absolute atomic E-state index is 0.0463. The minimum Gasteiger partial charge on any atom is -0.300 e. The van der Waals surface area contributed by atoms with Gasteiger partial charge in [0.05, 0.1) is 11.7 Å². The third-order valence-electron chi connectivity index (χ3n) is 4.11. The Morgan fingerprint density at radius 2 is 2.00 bits per heavy atom. The summed E-state index contributed by atoms with van der Waals surface area (Å²) in [6, 6.07) is 10.8. The summed E-state index contributed by atoms with van der Waals surface area (Å²) in [7, 11) is 0. The van der Waals surface area contributed by atoms with Crippen LogP contribution in [0.4, 0.5) is 0 Å². The molecule has 1 aromatic carbocycles. The van der Waals surface area contributed by atoms with Gasteiger partial charge in [0.1, 0.15) is 0 Å². The van der Waals surface area contributed by atoms with Crippen LogP contribution in [-0.4, -0.2) is 21.6 Å². The molecule has 0 saturated carbocycles. The second-order valence-electron chi connectivity index (χ2n) is 5.87. The van der Waals surface area contributed by atoms with Crippen LogP contribution < -0.4 is 5.56 Å². The molecule has 0 bridgehead atoms. The zero-order chi connectivity index (χ0) is 14.1. The van der Waals surface area contributed by atoms with Gasteiger partial charge in [0.25, 0.3) is 5.56 Å². The summed E-state index contributed by atoms with van der Waals surface area (Å²) < 4.78 is 0. The summed E-state index contributed by atoms with van der Waals surface area (Å²) in [5.41, 5.74) is 3.38. The Morgan fingerprint density at radius 3 is 2.70 bits per heavy atom. The number of aromatic amines is 2. The fraction of sp³-hybridized carbons (Fsp3) is 0.438. The first-order chi connectivity index (χ1) is 9.66. The van der Waals surface area contributed by atoms with E-state index in [0.29, 0.717) is 5.92 Å². The molecule has 1 aliphatic rings. The van der Waals surface area contributed by atoms with Gasteiger partial charge in [-0.25, -0.2) is 0 Å². The molecule has 2 N–H and O–H groups in total. The molecule has 20 heavy (non-hydrogen) atoms. The van der Waals surface area contributed by atoms with Crippen molar-refractivity contribution in [3.8, 4) is 0 Å². The highest BCUT2D eigenvalue weighted by Gasteiger charge is 2.32. The van der Waals surface area contributed by atoms with Gasteiger partial charge in [-0.15, -0.1) is 0 Å². The molecule has 1 atom stereocenters. The second-order valence-corrected chi connectivity index (χ2v) is 5.87. The summed E-state index contributed by atoms with van der Waals surface area (Å²) in [6.45, 7) is 6.29. The summed E-state index contributed by atoms with van der Waals surface area (Å²) >= 11 is 0. The molecular formula is C16H21N3O. The number of nitrogens with zero attached hydrogens (tertiary/aromatic N) is 1. The molecule has 106 valence electrons. The zero-order valence-electron chi connectivity index (χ0n) is 12.0. The summed E-state index contributed by atoms with van der Waals surface area (Å²) in [5, 5.41) is 5.84. The van der Waals surface area contributed by atoms with E-state index in [1.807, 2.05) is 6.07 Å². The van der Waals surface area contributed by atoms with Crippen LogP contribution >= 0.6 is 0 Å². The van der Waals surface area contributed by atoms with E-state index in [0.717, 1.165) is 30.8 Å². The van der Waals surface area contributed by atoms with E-state index in [-0.39, 0.29) is 11.6 Å². The Hall–Kier alpha value is -1.81. The lowest BCUT2D eigenvalue weighted by molar-refractivity contribution is 0.132. The number of hydrogen-bond acceptors (Lipinski definition) is 2. The Bertz CT molecular complexity index is 627. The Labute approximate surface area is 118 Å². The zero-order valence-corrected chi connectivity index (χ0v) is 12.0. The topological polar surface area (TPSA) is 51.9 Å². The SMILES string of the molecule is CC(C)C1c2[nH][nH]c(=O)c2CCN1Cc1ccccc1. The number of aromatic nitrogens is 2. The Balaban J connectivity index is 1.91. The molecule has 0 saturated heterocycles. The fourth-order valence-electron chi connectivity index (χ4n) is 3.23. The number of fused-ring (bicyclic) bond motifs is 1. The van der Waals surface area contributed by atoms with Crippen LogP contribution in [0, 0.1) is 5.92 Å². The first-order valence-electron chi connectivity index (χ1n) is 7.24. The number of hydrogen-bond donors (Lipinski definition) is 2. The first kappa shape index (κ1) is 13.2. The predicted molar refractivity (Wildman–Crippen MR) is 79.5 cm³/mol. The van der Waals surface area contributed by atoms with Gasteiger partial charge in [-0.05, 0) is 17.9 Å². The smallest absolute Gasteiger partial charge is 0.267 e. The number of H-pyrrole nitrogens is 2. The van der Waals surface area contributed by atoms with Crippen LogP contribution in [0.25, 0.3) is 0 Å². The summed E-state index contributed by atoms with van der Waals surface area (Å²) in [4.78, 5) is 14.3. The summed E-state index contributed by atoms with van der Waals surface area (Å²) in [5.74, 6) is 0.462. The summed E-state index contributed by atoms with van der Waals surface area (Å²) in [6.07, 6.45) is 0.824. The molecule has 0 amide bonds. The van der Waals surface area contributed by atoms with Crippen molar-refractivity contribution in [1.82, 2.24) is 15.1 Å². The maximum Gasteiger partial charge on any atom is 0.267 e. The van der Waals surface area contributed by atoms with E-state index in [1.165, 1.54) is 5.56 Å². The lowest BCUT2D eigenvalue weighted by atomic mass is 9.91. The van der Waals surface area contributed by atoms with Crippen molar-refractivity contribution in [2.75, 3.05) is 6.54 Å². The molecule has 4 nitrogen and oxygen atoms in total. The predicted octanol–water partition coefficient (Wildman–Crippen LogP) is 2.46. The average molecular weight is 271 g/mol. The Kier molecular flexibility index (Phi) is 3.49. The number of benzene rings is 1. The molecule has 2 aromatic rings. The molecule has 1 unspecified atom stereocenters. The van der Waals surface area contributed by atoms with Crippen LogP contribution in [-0.2, 0) is 13.0 Å². The largest absolute Gasteiger partial charge is 0.300 e. The molecule has 1 aliphatic heterocycles. The van der Waals surface area contributed by atoms with Crippen molar-refractivity contribution in [3.05, 3.63) is 57.5 Å². The van der Waals surface area contributed by atoms with Crippen molar-refractivity contribution in [2.24, 2.45) is 5.92 Å². The normalized spacial score (nSPS) is 19.2. The van der Waals surface area contributed by atoms with Gasteiger partial charge in [0.2, 0.25) is 0 Å². The third kappa shape index (κ3) is 2.31. The van der Waals surface area contributed by atoms with E-state index in [4.69, 9.17) is 0 Å². The van der Waals surface area contributed by atoms with Gasteiger partial charge in [-0.1, -0.05) is 44.2 Å². The van der Waals surface area contributed by atoms with Crippen LogP contribution in [0.1, 0.15) is 36.7 Å². The maximum atomic E-state index is 11.8. The highest BCUT2D eigenvalue weighted by Crippen LogP contribution is 2.33. The number of rotatable bonds is 3. The monoisotopic (exact) mass is 271 g/mol. The molecule has 0 radical (unpaired) electrons. The van der Waals surface area contributed by atoms with Gasteiger partial charge in [0, 0.05) is 18.7 Å². The average Bonchev–Trinajstić information content (AvgIpc) is 2.81. The van der Waals surface area contributed by atoms with Crippen molar-refractivity contribution in [3.63, 3.8) is 0 Å². The molecule has 0 aliphatic carbocycles. The van der Waals surface area contributed by atoms with Crippen molar-refractivity contribution >= 4 is 0 Å². The van der Waals surface area contributed by atoms with Crippen molar-refractivity contribution in [1.29, 1.82) is 0 Å². The standard InChI is InChI=1S/C16H21N3O/c1-11(2)15-14-13(16(20)18-17-14)8-9-19(15)10-12-6-4-3-5-7-12/h3-7,11,15H,8-10H2,1-2H3,(H2,17,18,20). The molecule has 0 spiro atoms. The lowest BCUT2D eigenvalue weighted by Gasteiger charge is -2.37. The van der Waals surface area contributed by atoms with Gasteiger partial charge in [0.15, 0.2) is 0 Å². The molecule has 2 heterocycles. The van der Waals surface area contributed by atoms with Crippen LogP contribution in [0.5, 0.6) is 0 Å². The van der Waals surface area contributed by atoms with E-state index in [9.17, 15) is 4.79 Å². The fourth-order valence-corrected chi connectivity index (χ4v) is 3.23. The maximum absolute atomic E-state index is 11.8. The highest BCUT2D eigenvalue weighted by atomic mass is 16.1. The van der Waals surface area contributed by atoms with E-state index in [1.54, 1.807) is 0 Å². The second kappa shape index (κ2) is 5.29. The first-order valence-corrected chi connectivity index (χ1v) is 7.24. The van der Waals surface area contributed by atoms with Crippen LogP contribution in [0.15, 0.2) is 35.1 Å². The van der Waals surface area contributed by atoms with Gasteiger partial charge in [-0.2, -0.15) is 0 Å². The van der Waals surface area contributed by atoms with E-state index in [2.05, 4.69) is 53.2 Å². The van der Waals surface area contributed by atoms with Gasteiger partial charge >= 0.3 is 0 Å². The number of nitrogens with one attached hydrogen (secondary N) is 2. The van der Waals surface area contributed by atoms with E-state index < -0.39 is 0 Å². The van der Waals surface area contributed by atoms with Crippen molar-refractivity contribution < 1.29 is 0 Å². The van der Waals surface area contributed by atoms with E-state index >= 15 is 0 Å². The van der Waals surface area contributed by atoms with Gasteiger partial charge in [-0.3, -0.25) is 14.8 Å². The molecule has 4 heteroatoms. The van der Waals surface area contributed by atoms with Crippen LogP contribution in [0.2, 0.25) is 0 Å². The highest BCUT2D eigenvalue weighted by molar-refractivity contribution is 5.25. The van der Waals surface area contributed by atoms with Crippen molar-refractivity contribution in [2.45, 2.75) is 32.9 Å². The minimum atomic E-state index is 0.0463. The van der Waals surface area contributed by atoms with Crippen LogP contribution in [0.3, 0.4) is 0 Å². The lowest BCUT2D eigenvalue weighted by Crippen LogP contribution is -2.38.